The number of carbonyl (C=O) groups excluding carboxylic acids is 2. The molecule has 0 atom stereocenters. The summed E-state index contributed by atoms with van der Waals surface area (Å²) in [7, 11) is 0. The van der Waals surface area contributed by atoms with Crippen LogP contribution in [0.2, 0.25) is 0 Å². The summed E-state index contributed by atoms with van der Waals surface area (Å²) in [6.45, 7) is 1.47. The van der Waals surface area contributed by atoms with Crippen LogP contribution in [0.4, 0.5) is 11.4 Å². The number of anilines is 1. The molecule has 0 radical (unpaired) electrons. The molecule has 124 valence electrons. The third-order valence-electron chi connectivity index (χ3n) is 3.29. The molecule has 1 N–H and O–H groups in total. The van der Waals surface area contributed by atoms with Crippen molar-refractivity contribution in [1.82, 2.24) is 0 Å². The number of rotatable bonds is 6. The highest BCUT2D eigenvalue weighted by molar-refractivity contribution is 6.01. The molecule has 2 rings (SSSR count). The van der Waals surface area contributed by atoms with Crippen molar-refractivity contribution in [3.8, 4) is 0 Å². The summed E-state index contributed by atoms with van der Waals surface area (Å²) >= 11 is 0. The van der Waals surface area contributed by atoms with Crippen molar-refractivity contribution < 1.29 is 19.2 Å². The molecule has 2 aromatic carbocycles. The number of amides is 1. The van der Waals surface area contributed by atoms with Crippen LogP contribution in [-0.2, 0) is 16.1 Å². The summed E-state index contributed by atoms with van der Waals surface area (Å²) in [5, 5.41) is 13.6. The van der Waals surface area contributed by atoms with Crippen LogP contribution in [-0.4, -0.2) is 16.8 Å². The second kappa shape index (κ2) is 7.87. The quantitative estimate of drug-likeness (QED) is 0.498. The van der Waals surface area contributed by atoms with E-state index in [4.69, 9.17) is 4.74 Å². The van der Waals surface area contributed by atoms with Gasteiger partial charge in [-0.25, -0.2) is 4.79 Å². The topological polar surface area (TPSA) is 98.5 Å². The fourth-order valence-corrected chi connectivity index (χ4v) is 2.04. The number of nitro groups is 1. The van der Waals surface area contributed by atoms with E-state index in [2.05, 4.69) is 5.32 Å². The molecule has 0 bridgehead atoms. The van der Waals surface area contributed by atoms with Crippen LogP contribution in [0.5, 0.6) is 0 Å². The Hall–Kier alpha value is -3.22. The lowest BCUT2D eigenvalue weighted by molar-refractivity contribution is -0.385. The molecule has 24 heavy (non-hydrogen) atoms. The Bertz CT molecular complexity index is 773. The number of esters is 1. The van der Waals surface area contributed by atoms with Crippen LogP contribution in [0.25, 0.3) is 0 Å². The van der Waals surface area contributed by atoms with Gasteiger partial charge in [0.15, 0.2) is 0 Å². The van der Waals surface area contributed by atoms with E-state index >= 15 is 0 Å². The zero-order chi connectivity index (χ0) is 17.5. The molecule has 7 heteroatoms. The molecular weight excluding hydrogens is 312 g/mol. The van der Waals surface area contributed by atoms with Crippen molar-refractivity contribution >= 4 is 23.3 Å². The molecule has 0 unspecified atom stereocenters. The van der Waals surface area contributed by atoms with Crippen molar-refractivity contribution in [2.75, 3.05) is 5.32 Å². The number of nitrogens with one attached hydrogen (secondary N) is 1. The second-order valence-corrected chi connectivity index (χ2v) is 4.91. The molecule has 0 aliphatic carbocycles. The number of carbonyl (C=O) groups is 2. The average Bonchev–Trinajstić information content (AvgIpc) is 2.60. The standard InChI is InChI=1S/C17H16N2O5/c1-2-16(20)18-14-9-5-4-8-13(14)17(21)24-11-12-7-3-6-10-15(12)19(22)23/h3-10H,2,11H2,1H3,(H,18,20). The maximum Gasteiger partial charge on any atom is 0.340 e. The molecule has 7 nitrogen and oxygen atoms in total. The van der Waals surface area contributed by atoms with Gasteiger partial charge in [-0.2, -0.15) is 0 Å². The fraction of sp³-hybridized carbons (Fsp3) is 0.176. The van der Waals surface area contributed by atoms with Gasteiger partial charge in [-0.15, -0.1) is 0 Å². The SMILES string of the molecule is CCC(=O)Nc1ccccc1C(=O)OCc1ccccc1[N+](=O)[O-]. The third kappa shape index (κ3) is 4.16. The van der Waals surface area contributed by atoms with Gasteiger partial charge in [-0.3, -0.25) is 14.9 Å². The number of hydrogen-bond donors (Lipinski definition) is 1. The zero-order valence-corrected chi connectivity index (χ0v) is 13.0. The predicted molar refractivity (Wildman–Crippen MR) is 87.6 cm³/mol. The van der Waals surface area contributed by atoms with Crippen molar-refractivity contribution in [2.45, 2.75) is 20.0 Å². The van der Waals surface area contributed by atoms with E-state index in [0.29, 0.717) is 11.3 Å². The minimum atomic E-state index is -0.667. The molecule has 0 fully saturated rings. The van der Waals surface area contributed by atoms with Gasteiger partial charge in [0.25, 0.3) is 5.69 Å². The van der Waals surface area contributed by atoms with Crippen LogP contribution in [0.15, 0.2) is 48.5 Å². The Morgan fingerprint density at radius 3 is 2.50 bits per heavy atom. The highest BCUT2D eigenvalue weighted by Gasteiger charge is 2.17. The van der Waals surface area contributed by atoms with Gasteiger partial charge in [0.1, 0.15) is 6.61 Å². The minimum Gasteiger partial charge on any atom is -0.457 e. The van der Waals surface area contributed by atoms with Crippen molar-refractivity contribution in [1.29, 1.82) is 0 Å². The van der Waals surface area contributed by atoms with Crippen molar-refractivity contribution in [2.24, 2.45) is 0 Å². The number of para-hydroxylation sites is 2. The maximum atomic E-state index is 12.2. The van der Waals surface area contributed by atoms with E-state index in [-0.39, 0.29) is 30.2 Å². The molecule has 0 saturated heterocycles. The second-order valence-electron chi connectivity index (χ2n) is 4.91. The van der Waals surface area contributed by atoms with E-state index in [9.17, 15) is 19.7 Å². The molecule has 2 aromatic rings. The Labute approximate surface area is 138 Å². The monoisotopic (exact) mass is 328 g/mol. The highest BCUT2D eigenvalue weighted by atomic mass is 16.6. The lowest BCUT2D eigenvalue weighted by Gasteiger charge is -2.10. The van der Waals surface area contributed by atoms with E-state index in [1.807, 2.05) is 0 Å². The van der Waals surface area contributed by atoms with E-state index in [0.717, 1.165) is 0 Å². The Morgan fingerprint density at radius 1 is 1.12 bits per heavy atom. The summed E-state index contributed by atoms with van der Waals surface area (Å²) in [6, 6.07) is 12.5. The van der Waals surface area contributed by atoms with Crippen LogP contribution < -0.4 is 5.32 Å². The number of hydrogen-bond acceptors (Lipinski definition) is 5. The lowest BCUT2D eigenvalue weighted by Crippen LogP contribution is -2.14. The van der Waals surface area contributed by atoms with E-state index in [1.54, 1.807) is 37.3 Å². The number of benzene rings is 2. The summed E-state index contributed by atoms with van der Waals surface area (Å²) in [5.74, 6) is -0.894. The Kier molecular flexibility index (Phi) is 5.62. The Morgan fingerprint density at radius 2 is 1.79 bits per heavy atom. The van der Waals surface area contributed by atoms with Gasteiger partial charge in [-0.05, 0) is 18.2 Å². The van der Waals surface area contributed by atoms with Gasteiger partial charge in [0.2, 0.25) is 5.91 Å². The van der Waals surface area contributed by atoms with Gasteiger partial charge in [0.05, 0.1) is 21.7 Å². The highest BCUT2D eigenvalue weighted by Crippen LogP contribution is 2.21. The Balaban J connectivity index is 2.14. The molecule has 0 aliphatic rings. The number of nitrogens with zero attached hydrogens (tertiary/aromatic N) is 1. The van der Waals surface area contributed by atoms with E-state index in [1.165, 1.54) is 18.2 Å². The third-order valence-corrected chi connectivity index (χ3v) is 3.29. The molecule has 0 saturated carbocycles. The van der Waals surface area contributed by atoms with Crippen LogP contribution in [0, 0.1) is 10.1 Å². The van der Waals surface area contributed by atoms with Crippen LogP contribution in [0.3, 0.4) is 0 Å². The molecule has 1 amide bonds. The molecule has 0 heterocycles. The van der Waals surface area contributed by atoms with Gasteiger partial charge < -0.3 is 10.1 Å². The summed E-state index contributed by atoms with van der Waals surface area (Å²) in [4.78, 5) is 34.2. The summed E-state index contributed by atoms with van der Waals surface area (Å²) in [5.41, 5.74) is 0.721. The molecular formula is C17H16N2O5. The van der Waals surface area contributed by atoms with Gasteiger partial charge >= 0.3 is 5.97 Å². The first-order valence-corrected chi connectivity index (χ1v) is 7.31. The smallest absolute Gasteiger partial charge is 0.340 e. The van der Waals surface area contributed by atoms with Crippen LogP contribution in [0.1, 0.15) is 29.3 Å². The number of nitro benzene ring substituents is 1. The predicted octanol–water partition coefficient (Wildman–Crippen LogP) is 3.30. The zero-order valence-electron chi connectivity index (χ0n) is 13.0. The first-order valence-electron chi connectivity index (χ1n) is 7.31. The van der Waals surface area contributed by atoms with Crippen LogP contribution >= 0.6 is 0 Å². The average molecular weight is 328 g/mol. The largest absolute Gasteiger partial charge is 0.457 e. The first kappa shape index (κ1) is 17.1. The minimum absolute atomic E-state index is 0.113. The van der Waals surface area contributed by atoms with Crippen molar-refractivity contribution in [3.05, 3.63) is 69.8 Å². The summed E-state index contributed by atoms with van der Waals surface area (Å²) in [6.07, 6.45) is 0.277. The van der Waals surface area contributed by atoms with Crippen molar-refractivity contribution in [3.63, 3.8) is 0 Å². The first-order chi connectivity index (χ1) is 11.5. The molecule has 0 aliphatic heterocycles. The summed E-state index contributed by atoms with van der Waals surface area (Å²) < 4.78 is 5.17. The fourth-order valence-electron chi connectivity index (χ4n) is 2.04. The lowest BCUT2D eigenvalue weighted by atomic mass is 10.1. The molecule has 0 spiro atoms. The normalized spacial score (nSPS) is 10.0. The molecule has 0 aromatic heterocycles. The number of ether oxygens (including phenoxy) is 1. The maximum absolute atomic E-state index is 12.2. The van der Waals surface area contributed by atoms with E-state index < -0.39 is 10.9 Å². The van der Waals surface area contributed by atoms with Gasteiger partial charge in [-0.1, -0.05) is 31.2 Å². The van der Waals surface area contributed by atoms with Gasteiger partial charge in [0, 0.05) is 12.5 Å².